The molecule has 31 heavy (non-hydrogen) atoms. The number of nitrogens with one attached hydrogen (secondary N) is 2. The van der Waals surface area contributed by atoms with Crippen LogP contribution >= 0.6 is 0 Å². The molecule has 1 saturated heterocycles. The third-order valence-electron chi connectivity index (χ3n) is 5.91. The number of aromatic nitrogens is 1. The minimum Gasteiger partial charge on any atom is -0.385 e. The van der Waals surface area contributed by atoms with E-state index in [1.807, 2.05) is 18.2 Å². The van der Waals surface area contributed by atoms with Crippen LogP contribution in [0.5, 0.6) is 0 Å². The maximum atomic E-state index is 4.39. The molecule has 0 saturated carbocycles. The van der Waals surface area contributed by atoms with Gasteiger partial charge >= 0.3 is 0 Å². The van der Waals surface area contributed by atoms with E-state index >= 15 is 0 Å². The van der Waals surface area contributed by atoms with Gasteiger partial charge in [-0.3, -0.25) is 0 Å². The molecule has 0 aliphatic carbocycles. The Morgan fingerprint density at radius 2 is 2.00 bits per heavy atom. The molecule has 0 amide bonds. The van der Waals surface area contributed by atoms with Gasteiger partial charge in [-0.15, -0.1) is 0 Å². The van der Waals surface area contributed by atoms with Crippen molar-refractivity contribution in [3.63, 3.8) is 0 Å². The summed E-state index contributed by atoms with van der Waals surface area (Å²) >= 11 is 0. The average molecular weight is 420 g/mol. The summed E-state index contributed by atoms with van der Waals surface area (Å²) in [5, 5.41) is 6.79. The molecule has 166 valence electrons. The van der Waals surface area contributed by atoms with Crippen molar-refractivity contribution >= 4 is 5.82 Å². The van der Waals surface area contributed by atoms with E-state index in [2.05, 4.69) is 91.9 Å². The summed E-state index contributed by atoms with van der Waals surface area (Å²) < 4.78 is 0. The second-order valence-electron chi connectivity index (χ2n) is 10.0. The molecule has 0 radical (unpaired) electrons. The van der Waals surface area contributed by atoms with Crippen LogP contribution in [0.15, 0.2) is 84.8 Å². The average Bonchev–Trinajstić information content (AvgIpc) is 3.04. The van der Waals surface area contributed by atoms with Crippen molar-refractivity contribution in [2.24, 2.45) is 5.41 Å². The van der Waals surface area contributed by atoms with Crippen molar-refractivity contribution in [3.8, 4) is 0 Å². The zero-order chi connectivity index (χ0) is 22.8. The third-order valence-corrected chi connectivity index (χ3v) is 5.91. The first-order valence-electron chi connectivity index (χ1n) is 10.9. The molecule has 1 fully saturated rings. The molecule has 1 atom stereocenters. The molecule has 0 aromatic carbocycles. The maximum absolute atomic E-state index is 4.39. The van der Waals surface area contributed by atoms with E-state index < -0.39 is 0 Å². The molecule has 3 heterocycles. The van der Waals surface area contributed by atoms with Gasteiger partial charge in [-0.25, -0.2) is 4.98 Å². The SMILES string of the molecule is C=C(/C=C\C1=C(C)N(C(=C)Nc2ccccn2)[C@@]2(C)CCN1C2)C(=C)NCC(C)(C)C. The van der Waals surface area contributed by atoms with Gasteiger partial charge in [0.15, 0.2) is 0 Å². The lowest BCUT2D eigenvalue weighted by atomic mass is 9.96. The van der Waals surface area contributed by atoms with Gasteiger partial charge in [0.2, 0.25) is 0 Å². The van der Waals surface area contributed by atoms with E-state index in [1.165, 1.54) is 11.4 Å². The summed E-state index contributed by atoms with van der Waals surface area (Å²) in [7, 11) is 0. The van der Waals surface area contributed by atoms with E-state index in [-0.39, 0.29) is 11.0 Å². The van der Waals surface area contributed by atoms with Gasteiger partial charge in [0.05, 0.1) is 11.2 Å². The second-order valence-corrected chi connectivity index (χ2v) is 10.0. The zero-order valence-corrected chi connectivity index (χ0v) is 19.8. The van der Waals surface area contributed by atoms with Crippen molar-refractivity contribution in [3.05, 3.63) is 84.8 Å². The van der Waals surface area contributed by atoms with Gasteiger partial charge < -0.3 is 20.4 Å². The van der Waals surface area contributed by atoms with E-state index in [9.17, 15) is 0 Å². The maximum Gasteiger partial charge on any atom is 0.131 e. The molecule has 0 spiro atoms. The predicted molar refractivity (Wildman–Crippen MR) is 131 cm³/mol. The molecular weight excluding hydrogens is 382 g/mol. The molecular formula is C26H37N5. The Bertz CT molecular complexity index is 919. The summed E-state index contributed by atoms with van der Waals surface area (Å²) in [4.78, 5) is 9.17. The van der Waals surface area contributed by atoms with Gasteiger partial charge in [-0.05, 0) is 49.5 Å². The molecule has 2 bridgehead atoms. The van der Waals surface area contributed by atoms with Crippen molar-refractivity contribution in [1.82, 2.24) is 20.1 Å². The quantitative estimate of drug-likeness (QED) is 0.564. The summed E-state index contributed by atoms with van der Waals surface area (Å²) in [5.74, 6) is 1.65. The van der Waals surface area contributed by atoms with Crippen molar-refractivity contribution in [2.45, 2.75) is 46.6 Å². The van der Waals surface area contributed by atoms with Gasteiger partial charge in [-0.1, -0.05) is 52.7 Å². The van der Waals surface area contributed by atoms with Gasteiger partial charge in [0.25, 0.3) is 0 Å². The Morgan fingerprint density at radius 3 is 2.65 bits per heavy atom. The number of allylic oxidation sites excluding steroid dienone is 3. The summed E-state index contributed by atoms with van der Waals surface area (Å²) in [6.45, 7) is 26.6. The molecule has 5 heteroatoms. The van der Waals surface area contributed by atoms with Crippen LogP contribution in [0.3, 0.4) is 0 Å². The first kappa shape index (κ1) is 22.7. The molecule has 1 aromatic heterocycles. The highest BCUT2D eigenvalue weighted by Crippen LogP contribution is 2.41. The van der Waals surface area contributed by atoms with E-state index in [0.29, 0.717) is 0 Å². The van der Waals surface area contributed by atoms with E-state index in [4.69, 9.17) is 0 Å². The third kappa shape index (κ3) is 5.22. The van der Waals surface area contributed by atoms with Crippen LogP contribution in [0, 0.1) is 5.41 Å². The van der Waals surface area contributed by atoms with E-state index in [0.717, 1.165) is 49.0 Å². The topological polar surface area (TPSA) is 43.4 Å². The van der Waals surface area contributed by atoms with Crippen LogP contribution in [-0.4, -0.2) is 40.0 Å². The molecule has 2 aliphatic heterocycles. The van der Waals surface area contributed by atoms with Gasteiger partial charge in [0, 0.05) is 37.2 Å². The lowest BCUT2D eigenvalue weighted by Gasteiger charge is -2.46. The van der Waals surface area contributed by atoms with Crippen molar-refractivity contribution in [2.75, 3.05) is 25.0 Å². The van der Waals surface area contributed by atoms with Crippen LogP contribution in [0.4, 0.5) is 5.82 Å². The smallest absolute Gasteiger partial charge is 0.131 e. The van der Waals surface area contributed by atoms with Crippen molar-refractivity contribution < 1.29 is 0 Å². The van der Waals surface area contributed by atoms with E-state index in [1.54, 1.807) is 6.20 Å². The predicted octanol–water partition coefficient (Wildman–Crippen LogP) is 5.24. The molecule has 0 unspecified atom stereocenters. The minimum absolute atomic E-state index is 0.00908. The number of hydrogen-bond donors (Lipinski definition) is 2. The Morgan fingerprint density at radius 1 is 1.26 bits per heavy atom. The number of rotatable bonds is 8. The molecule has 2 N–H and O–H groups in total. The zero-order valence-electron chi connectivity index (χ0n) is 19.8. The van der Waals surface area contributed by atoms with Crippen LogP contribution < -0.4 is 10.6 Å². The lowest BCUT2D eigenvalue weighted by molar-refractivity contribution is 0.174. The number of pyridine rings is 1. The standard InChI is InChI=1S/C26H37N5/c1-19(20(2)28-17-25(5,6)7)12-13-23-21(3)31(26(8)14-16-30(23)18-26)22(4)29-24-11-9-10-15-27-24/h9-13,15,28H,1-2,4,14,16-18H2,3,5-8H3,(H,27,29)/b13-12-/t26-/m0/s1. The lowest BCUT2D eigenvalue weighted by Crippen LogP contribution is -2.51. The summed E-state index contributed by atoms with van der Waals surface area (Å²) in [5.41, 5.74) is 4.34. The second kappa shape index (κ2) is 8.66. The fourth-order valence-corrected chi connectivity index (χ4v) is 4.24. The Hall–Kier alpha value is -2.95. The van der Waals surface area contributed by atoms with Crippen LogP contribution in [0.2, 0.25) is 0 Å². The fraction of sp³-hybridized carbons (Fsp3) is 0.423. The highest BCUT2D eigenvalue weighted by atomic mass is 15.4. The highest BCUT2D eigenvalue weighted by Gasteiger charge is 2.45. The van der Waals surface area contributed by atoms with Gasteiger partial charge in [-0.2, -0.15) is 0 Å². The minimum atomic E-state index is 0.00908. The fourth-order valence-electron chi connectivity index (χ4n) is 4.24. The number of hydrogen-bond acceptors (Lipinski definition) is 5. The summed E-state index contributed by atoms with van der Waals surface area (Å²) in [6, 6.07) is 5.84. The monoisotopic (exact) mass is 419 g/mol. The first-order chi connectivity index (χ1) is 14.5. The Balaban J connectivity index is 1.79. The van der Waals surface area contributed by atoms with Gasteiger partial charge in [0.1, 0.15) is 11.6 Å². The van der Waals surface area contributed by atoms with Crippen LogP contribution in [0.1, 0.15) is 41.0 Å². The Labute approximate surface area is 187 Å². The highest BCUT2D eigenvalue weighted by molar-refractivity contribution is 5.44. The number of anilines is 1. The number of fused-ring (bicyclic) bond motifs is 2. The summed E-state index contributed by atoms with van der Waals surface area (Å²) in [6.07, 6.45) is 7.08. The molecule has 3 rings (SSSR count). The molecule has 5 nitrogen and oxygen atoms in total. The van der Waals surface area contributed by atoms with Crippen LogP contribution in [-0.2, 0) is 0 Å². The molecule has 2 aliphatic rings. The van der Waals surface area contributed by atoms with Crippen LogP contribution in [0.25, 0.3) is 0 Å². The van der Waals surface area contributed by atoms with Crippen molar-refractivity contribution in [1.29, 1.82) is 0 Å². The number of nitrogens with zero attached hydrogens (tertiary/aromatic N) is 3. The first-order valence-corrected chi connectivity index (χ1v) is 10.9. The molecule has 1 aromatic rings. The largest absolute Gasteiger partial charge is 0.385 e. The Kier molecular flexibility index (Phi) is 6.35. The normalized spacial score (nSPS) is 20.9.